The van der Waals surface area contributed by atoms with Crippen molar-refractivity contribution < 1.29 is 4.42 Å². The summed E-state index contributed by atoms with van der Waals surface area (Å²) in [6.07, 6.45) is 0. The Morgan fingerprint density at radius 1 is 0.243 bits per heavy atom. The van der Waals surface area contributed by atoms with Crippen molar-refractivity contribution in [2.75, 3.05) is 4.90 Å². The predicted octanol–water partition coefficient (Wildman–Crippen LogP) is 19.4. The smallest absolute Gasteiger partial charge is 0.143 e. The lowest BCUT2D eigenvalue weighted by molar-refractivity contribution is 0.670. The second-order valence-electron chi connectivity index (χ2n) is 17.9. The molecule has 0 atom stereocenters. The number of hydrogen-bond acceptors (Lipinski definition) is 2. The summed E-state index contributed by atoms with van der Waals surface area (Å²) in [6.45, 7) is 0. The van der Waals surface area contributed by atoms with Crippen LogP contribution < -0.4 is 4.90 Å². The monoisotopic (exact) mass is 891 g/mol. The lowest BCUT2D eigenvalue weighted by Gasteiger charge is -2.31. The van der Waals surface area contributed by atoms with E-state index in [1.54, 1.807) is 0 Å². The molecule has 1 heterocycles. The molecule has 0 saturated carbocycles. The van der Waals surface area contributed by atoms with Gasteiger partial charge in [-0.05, 0) is 108 Å². The molecule has 0 N–H and O–H groups in total. The van der Waals surface area contributed by atoms with Gasteiger partial charge in [-0.1, -0.05) is 237 Å². The highest BCUT2D eigenvalue weighted by Gasteiger charge is 2.24. The van der Waals surface area contributed by atoms with Crippen LogP contribution in [0.1, 0.15) is 0 Å². The summed E-state index contributed by atoms with van der Waals surface area (Å²) >= 11 is 0. The van der Waals surface area contributed by atoms with E-state index in [4.69, 9.17) is 4.42 Å². The normalized spacial score (nSPS) is 11.4. The third-order valence-corrected chi connectivity index (χ3v) is 13.9. The summed E-state index contributed by atoms with van der Waals surface area (Å²) < 4.78 is 6.61. The van der Waals surface area contributed by atoms with Gasteiger partial charge >= 0.3 is 0 Å². The Morgan fingerprint density at radius 3 is 1.37 bits per heavy atom. The molecule has 70 heavy (non-hydrogen) atoms. The summed E-state index contributed by atoms with van der Waals surface area (Å²) in [7, 11) is 0. The molecule has 0 unspecified atom stereocenters. The molecule has 12 aromatic carbocycles. The van der Waals surface area contributed by atoms with Crippen molar-refractivity contribution in [3.8, 4) is 66.8 Å². The Morgan fingerprint density at radius 2 is 0.714 bits per heavy atom. The first-order valence-electron chi connectivity index (χ1n) is 24.0. The summed E-state index contributed by atoms with van der Waals surface area (Å²) in [5.74, 6) is 0. The van der Waals surface area contributed by atoms with Crippen LogP contribution >= 0.6 is 0 Å². The Balaban J connectivity index is 1.02. The standard InChI is InChI=1S/C68H45NO/c1-5-20-47(21-6-1)55-33-18-34-56(48-22-7-2-8-23-48)67(55)69(54-29-17-28-52(44-54)57-35-19-36-62-60-31-15-16-37-64(60)70-68(57)62)53-41-38-46(39-42-53)51-40-43-59-58-30-13-14-32-61(58)65(49-24-9-3-10-25-49)66(63(59)45-51)50-26-11-4-12-27-50/h1-45H. The molecule has 0 bridgehead atoms. The minimum absolute atomic E-state index is 0.889. The van der Waals surface area contributed by atoms with E-state index in [0.29, 0.717) is 0 Å². The number of benzene rings is 12. The maximum Gasteiger partial charge on any atom is 0.143 e. The minimum Gasteiger partial charge on any atom is -0.455 e. The van der Waals surface area contributed by atoms with Gasteiger partial charge in [0.1, 0.15) is 11.2 Å². The fraction of sp³-hybridized carbons (Fsp3) is 0. The van der Waals surface area contributed by atoms with Gasteiger partial charge < -0.3 is 9.32 Å². The van der Waals surface area contributed by atoms with Gasteiger partial charge in [0.05, 0.1) is 5.69 Å². The highest BCUT2D eigenvalue weighted by Crippen LogP contribution is 2.49. The Hall–Kier alpha value is -9.24. The fourth-order valence-corrected chi connectivity index (χ4v) is 10.7. The van der Waals surface area contributed by atoms with Gasteiger partial charge in [0.2, 0.25) is 0 Å². The van der Waals surface area contributed by atoms with E-state index in [1.165, 1.54) is 43.8 Å². The third-order valence-electron chi connectivity index (χ3n) is 13.9. The van der Waals surface area contributed by atoms with Crippen molar-refractivity contribution in [1.29, 1.82) is 0 Å². The molecule has 0 amide bonds. The second kappa shape index (κ2) is 17.4. The fourth-order valence-electron chi connectivity index (χ4n) is 10.7. The molecular formula is C68H45NO. The average molecular weight is 892 g/mol. The van der Waals surface area contributed by atoms with Crippen LogP contribution in [-0.2, 0) is 0 Å². The minimum atomic E-state index is 0.889. The predicted molar refractivity (Wildman–Crippen MR) is 296 cm³/mol. The van der Waals surface area contributed by atoms with Crippen LogP contribution in [0.15, 0.2) is 277 Å². The maximum absolute atomic E-state index is 6.61. The number of rotatable bonds is 9. The number of anilines is 3. The SMILES string of the molecule is c1ccc(-c2cccc(-c3ccccc3)c2N(c2ccc(-c3ccc4c(c3)c(-c3ccccc3)c(-c3ccccc3)c3ccccc34)cc2)c2cccc(-c3cccc4c3oc3ccccc34)c2)cc1. The zero-order valence-corrected chi connectivity index (χ0v) is 38.3. The molecule has 0 aliphatic heterocycles. The first-order chi connectivity index (χ1) is 34.7. The lowest BCUT2D eigenvalue weighted by atomic mass is 9.84. The van der Waals surface area contributed by atoms with Gasteiger partial charge in [-0.3, -0.25) is 0 Å². The number of para-hydroxylation sites is 3. The van der Waals surface area contributed by atoms with Crippen LogP contribution in [0.5, 0.6) is 0 Å². The van der Waals surface area contributed by atoms with E-state index in [0.717, 1.165) is 83.5 Å². The van der Waals surface area contributed by atoms with Crippen molar-refractivity contribution in [2.24, 2.45) is 0 Å². The van der Waals surface area contributed by atoms with Crippen molar-refractivity contribution in [3.05, 3.63) is 273 Å². The Kier molecular flexibility index (Phi) is 10.2. The molecule has 2 heteroatoms. The second-order valence-corrected chi connectivity index (χ2v) is 17.9. The molecule has 0 spiro atoms. The highest BCUT2D eigenvalue weighted by molar-refractivity contribution is 6.22. The van der Waals surface area contributed by atoms with Crippen LogP contribution in [-0.4, -0.2) is 0 Å². The summed E-state index contributed by atoms with van der Waals surface area (Å²) in [4.78, 5) is 2.45. The molecule has 13 aromatic rings. The molecular weight excluding hydrogens is 847 g/mol. The molecule has 1 aromatic heterocycles. The molecule has 0 radical (unpaired) electrons. The molecule has 0 fully saturated rings. The molecule has 2 nitrogen and oxygen atoms in total. The summed E-state index contributed by atoms with van der Waals surface area (Å²) in [5, 5.41) is 7.20. The van der Waals surface area contributed by atoms with Gasteiger partial charge in [-0.15, -0.1) is 0 Å². The summed E-state index contributed by atoms with van der Waals surface area (Å²) in [6, 6.07) is 98.7. The zero-order chi connectivity index (χ0) is 46.4. The molecule has 0 aliphatic carbocycles. The van der Waals surface area contributed by atoms with E-state index in [9.17, 15) is 0 Å². The summed E-state index contributed by atoms with van der Waals surface area (Å²) in [5.41, 5.74) is 18.9. The van der Waals surface area contributed by atoms with Crippen LogP contribution in [0.3, 0.4) is 0 Å². The topological polar surface area (TPSA) is 16.4 Å². The number of furan rings is 1. The van der Waals surface area contributed by atoms with E-state index in [-0.39, 0.29) is 0 Å². The number of hydrogen-bond donors (Lipinski definition) is 0. The van der Waals surface area contributed by atoms with E-state index in [2.05, 4.69) is 272 Å². The maximum atomic E-state index is 6.61. The number of fused-ring (bicyclic) bond motifs is 6. The van der Waals surface area contributed by atoms with Crippen molar-refractivity contribution in [2.45, 2.75) is 0 Å². The van der Waals surface area contributed by atoms with Crippen molar-refractivity contribution >= 4 is 60.5 Å². The van der Waals surface area contributed by atoms with Crippen molar-refractivity contribution in [3.63, 3.8) is 0 Å². The van der Waals surface area contributed by atoms with E-state index in [1.807, 2.05) is 6.07 Å². The van der Waals surface area contributed by atoms with Crippen molar-refractivity contribution in [1.82, 2.24) is 0 Å². The zero-order valence-electron chi connectivity index (χ0n) is 38.3. The largest absolute Gasteiger partial charge is 0.455 e. The average Bonchev–Trinajstić information content (AvgIpc) is 3.83. The quantitative estimate of drug-likeness (QED) is 0.134. The van der Waals surface area contributed by atoms with Gasteiger partial charge in [0.25, 0.3) is 0 Å². The van der Waals surface area contributed by atoms with Crippen LogP contribution in [0, 0.1) is 0 Å². The van der Waals surface area contributed by atoms with Gasteiger partial charge in [-0.2, -0.15) is 0 Å². The lowest BCUT2D eigenvalue weighted by Crippen LogP contribution is -2.13. The first-order valence-corrected chi connectivity index (χ1v) is 24.0. The van der Waals surface area contributed by atoms with Gasteiger partial charge in [0, 0.05) is 38.8 Å². The first kappa shape index (κ1) is 41.0. The highest BCUT2D eigenvalue weighted by atomic mass is 16.3. The van der Waals surface area contributed by atoms with Crippen LogP contribution in [0.2, 0.25) is 0 Å². The molecule has 13 rings (SSSR count). The molecule has 0 saturated heterocycles. The van der Waals surface area contributed by atoms with Crippen LogP contribution in [0.25, 0.3) is 110 Å². The Labute approximate surface area is 407 Å². The van der Waals surface area contributed by atoms with E-state index >= 15 is 0 Å². The molecule has 328 valence electrons. The van der Waals surface area contributed by atoms with E-state index < -0.39 is 0 Å². The van der Waals surface area contributed by atoms with Gasteiger partial charge in [-0.25, -0.2) is 0 Å². The Bertz CT molecular complexity index is 3970. The van der Waals surface area contributed by atoms with Gasteiger partial charge in [0.15, 0.2) is 0 Å². The molecule has 0 aliphatic rings. The number of nitrogens with zero attached hydrogens (tertiary/aromatic N) is 1. The third kappa shape index (κ3) is 7.13. The van der Waals surface area contributed by atoms with Crippen LogP contribution in [0.4, 0.5) is 17.1 Å².